The summed E-state index contributed by atoms with van der Waals surface area (Å²) in [6.45, 7) is 3.26. The Balaban J connectivity index is 1.69. The third-order valence-electron chi connectivity index (χ3n) is 3.81. The van der Waals surface area contributed by atoms with Crippen molar-refractivity contribution >= 4 is 6.21 Å². The molecule has 0 aromatic heterocycles. The minimum atomic E-state index is 0.434. The molecule has 0 saturated heterocycles. The Hall–Kier alpha value is -0.370. The van der Waals surface area contributed by atoms with Gasteiger partial charge in [0, 0.05) is 12.8 Å². The number of nitrogens with one attached hydrogen (secondary N) is 1. The SMILES string of the molecule is CCCCCCCCCCCCCC1N=CCN1. The molecule has 1 N–H and O–H groups in total. The van der Waals surface area contributed by atoms with Gasteiger partial charge in [-0.25, -0.2) is 0 Å². The van der Waals surface area contributed by atoms with Gasteiger partial charge in [-0.3, -0.25) is 10.3 Å². The average molecular weight is 252 g/mol. The Labute approximate surface area is 114 Å². The maximum Gasteiger partial charge on any atom is 0.0993 e. The van der Waals surface area contributed by atoms with E-state index in [0.29, 0.717) is 6.17 Å². The highest BCUT2D eigenvalue weighted by molar-refractivity contribution is 5.61. The predicted molar refractivity (Wildman–Crippen MR) is 81.4 cm³/mol. The molecule has 18 heavy (non-hydrogen) atoms. The lowest BCUT2D eigenvalue weighted by Gasteiger charge is -2.07. The van der Waals surface area contributed by atoms with E-state index in [-0.39, 0.29) is 0 Å². The first-order valence-corrected chi connectivity index (χ1v) is 8.18. The Bertz CT molecular complexity index is 201. The molecule has 0 radical (unpaired) electrons. The van der Waals surface area contributed by atoms with Gasteiger partial charge in [-0.2, -0.15) is 0 Å². The van der Waals surface area contributed by atoms with Gasteiger partial charge in [0.25, 0.3) is 0 Å². The fourth-order valence-corrected chi connectivity index (χ4v) is 2.60. The zero-order valence-corrected chi connectivity index (χ0v) is 12.3. The van der Waals surface area contributed by atoms with E-state index in [1.807, 2.05) is 6.21 Å². The van der Waals surface area contributed by atoms with Crippen LogP contribution in [0.1, 0.15) is 84.0 Å². The first-order chi connectivity index (χ1) is 8.93. The van der Waals surface area contributed by atoms with Crippen LogP contribution >= 0.6 is 0 Å². The van der Waals surface area contributed by atoms with Crippen LogP contribution in [0, 0.1) is 0 Å². The van der Waals surface area contributed by atoms with Gasteiger partial charge < -0.3 is 0 Å². The van der Waals surface area contributed by atoms with Crippen LogP contribution in [0.15, 0.2) is 4.99 Å². The maximum atomic E-state index is 4.38. The zero-order valence-electron chi connectivity index (χ0n) is 12.3. The molecule has 0 amide bonds. The molecular formula is C16H32N2. The average Bonchev–Trinajstić information content (AvgIpc) is 2.89. The van der Waals surface area contributed by atoms with Crippen LogP contribution in [0.5, 0.6) is 0 Å². The fraction of sp³-hybridized carbons (Fsp3) is 0.938. The summed E-state index contributed by atoms with van der Waals surface area (Å²) < 4.78 is 0. The van der Waals surface area contributed by atoms with Crippen LogP contribution in [0.2, 0.25) is 0 Å². The van der Waals surface area contributed by atoms with Gasteiger partial charge in [0.15, 0.2) is 0 Å². The van der Waals surface area contributed by atoms with Gasteiger partial charge in [0.1, 0.15) is 0 Å². The van der Waals surface area contributed by atoms with Crippen LogP contribution < -0.4 is 5.32 Å². The van der Waals surface area contributed by atoms with Crippen molar-refractivity contribution in [3.05, 3.63) is 0 Å². The second kappa shape index (κ2) is 11.7. The van der Waals surface area contributed by atoms with Gasteiger partial charge in [0.05, 0.1) is 6.17 Å². The van der Waals surface area contributed by atoms with Gasteiger partial charge >= 0.3 is 0 Å². The van der Waals surface area contributed by atoms with Crippen molar-refractivity contribution in [2.24, 2.45) is 4.99 Å². The lowest BCUT2D eigenvalue weighted by Crippen LogP contribution is -2.21. The van der Waals surface area contributed by atoms with Crippen LogP contribution in [0.3, 0.4) is 0 Å². The molecule has 106 valence electrons. The van der Waals surface area contributed by atoms with Crippen LogP contribution in [-0.2, 0) is 0 Å². The summed E-state index contributed by atoms with van der Waals surface area (Å²) in [5.41, 5.74) is 0. The van der Waals surface area contributed by atoms with Gasteiger partial charge in [-0.15, -0.1) is 0 Å². The Morgan fingerprint density at radius 1 is 0.889 bits per heavy atom. The molecule has 1 aliphatic heterocycles. The van der Waals surface area contributed by atoms with Crippen molar-refractivity contribution in [2.45, 2.75) is 90.1 Å². The number of rotatable bonds is 12. The molecule has 0 spiro atoms. The van der Waals surface area contributed by atoms with E-state index in [9.17, 15) is 0 Å². The maximum absolute atomic E-state index is 4.38. The number of nitrogens with zero attached hydrogens (tertiary/aromatic N) is 1. The van der Waals surface area contributed by atoms with E-state index in [1.54, 1.807) is 0 Å². The summed E-state index contributed by atoms with van der Waals surface area (Å²) in [7, 11) is 0. The molecule has 1 aliphatic rings. The molecular weight excluding hydrogens is 220 g/mol. The summed E-state index contributed by atoms with van der Waals surface area (Å²) >= 11 is 0. The van der Waals surface area contributed by atoms with E-state index in [0.717, 1.165) is 6.54 Å². The predicted octanol–water partition coefficient (Wildman–Crippen LogP) is 4.69. The molecule has 0 aromatic carbocycles. The third-order valence-corrected chi connectivity index (χ3v) is 3.81. The minimum Gasteiger partial charge on any atom is -0.291 e. The van der Waals surface area contributed by atoms with Crippen molar-refractivity contribution in [3.63, 3.8) is 0 Å². The zero-order chi connectivity index (χ0) is 12.9. The molecule has 1 atom stereocenters. The van der Waals surface area contributed by atoms with Gasteiger partial charge in [-0.05, 0) is 12.8 Å². The highest BCUT2D eigenvalue weighted by Gasteiger charge is 2.07. The Morgan fingerprint density at radius 3 is 1.94 bits per heavy atom. The summed E-state index contributed by atoms with van der Waals surface area (Å²) in [6.07, 6.45) is 19.3. The largest absolute Gasteiger partial charge is 0.291 e. The quantitative estimate of drug-likeness (QED) is 0.501. The number of hydrogen-bond donors (Lipinski definition) is 1. The molecule has 0 bridgehead atoms. The molecule has 0 fully saturated rings. The van der Waals surface area contributed by atoms with Gasteiger partial charge in [0.2, 0.25) is 0 Å². The first-order valence-electron chi connectivity index (χ1n) is 8.18. The summed E-state index contributed by atoms with van der Waals surface area (Å²) in [4.78, 5) is 4.38. The lowest BCUT2D eigenvalue weighted by atomic mass is 10.0. The van der Waals surface area contributed by atoms with Crippen LogP contribution in [0.25, 0.3) is 0 Å². The molecule has 1 unspecified atom stereocenters. The summed E-state index contributed by atoms with van der Waals surface area (Å²) in [6, 6.07) is 0. The number of hydrogen-bond acceptors (Lipinski definition) is 2. The lowest BCUT2D eigenvalue weighted by molar-refractivity contribution is 0.498. The molecule has 0 aliphatic carbocycles. The van der Waals surface area contributed by atoms with E-state index >= 15 is 0 Å². The van der Waals surface area contributed by atoms with E-state index in [1.165, 1.54) is 77.0 Å². The van der Waals surface area contributed by atoms with Gasteiger partial charge in [-0.1, -0.05) is 71.1 Å². The highest BCUT2D eigenvalue weighted by Crippen LogP contribution is 2.13. The van der Waals surface area contributed by atoms with Crippen molar-refractivity contribution in [1.82, 2.24) is 5.32 Å². The monoisotopic (exact) mass is 252 g/mol. The normalized spacial score (nSPS) is 18.6. The molecule has 1 heterocycles. The number of aliphatic imine (C=N–C) groups is 1. The smallest absolute Gasteiger partial charge is 0.0993 e. The third kappa shape index (κ3) is 8.68. The van der Waals surface area contributed by atoms with E-state index < -0.39 is 0 Å². The second-order valence-corrected chi connectivity index (χ2v) is 5.58. The molecule has 0 aromatic rings. The Kier molecular flexibility index (Phi) is 10.2. The fourth-order valence-electron chi connectivity index (χ4n) is 2.60. The summed E-state index contributed by atoms with van der Waals surface area (Å²) in [5, 5.41) is 3.37. The molecule has 1 rings (SSSR count). The standard InChI is InChI=1S/C16H32N2/c1-2-3-4-5-6-7-8-9-10-11-12-13-16-17-14-15-18-16/h14,16,18H,2-13,15H2,1H3. The topological polar surface area (TPSA) is 24.4 Å². The first kappa shape index (κ1) is 15.7. The molecule has 2 nitrogen and oxygen atoms in total. The van der Waals surface area contributed by atoms with Crippen molar-refractivity contribution in [1.29, 1.82) is 0 Å². The van der Waals surface area contributed by atoms with Crippen molar-refractivity contribution < 1.29 is 0 Å². The van der Waals surface area contributed by atoms with Crippen LogP contribution in [0.4, 0.5) is 0 Å². The Morgan fingerprint density at radius 2 is 1.44 bits per heavy atom. The summed E-state index contributed by atoms with van der Waals surface area (Å²) in [5.74, 6) is 0. The van der Waals surface area contributed by atoms with Crippen molar-refractivity contribution in [3.8, 4) is 0 Å². The minimum absolute atomic E-state index is 0.434. The highest BCUT2D eigenvalue weighted by atomic mass is 15.1. The molecule has 2 heteroatoms. The van der Waals surface area contributed by atoms with Crippen LogP contribution in [-0.4, -0.2) is 18.9 Å². The van der Waals surface area contributed by atoms with E-state index in [2.05, 4.69) is 17.2 Å². The van der Waals surface area contributed by atoms with Crippen molar-refractivity contribution in [2.75, 3.05) is 6.54 Å². The van der Waals surface area contributed by atoms with E-state index in [4.69, 9.17) is 0 Å². The molecule has 0 saturated carbocycles. The number of unbranched alkanes of at least 4 members (excludes halogenated alkanes) is 10. The second-order valence-electron chi connectivity index (χ2n) is 5.58.